The quantitative estimate of drug-likeness (QED) is 0.654. The highest BCUT2D eigenvalue weighted by Crippen LogP contribution is 2.42. The number of carbonyl (C=O) groups excluding carboxylic acids is 1. The van der Waals surface area contributed by atoms with Crippen LogP contribution in [0.2, 0.25) is 0 Å². The van der Waals surface area contributed by atoms with E-state index < -0.39 is 0 Å². The van der Waals surface area contributed by atoms with Gasteiger partial charge in [0.2, 0.25) is 0 Å². The van der Waals surface area contributed by atoms with Gasteiger partial charge in [0.05, 0.1) is 13.2 Å². The Kier molecular flexibility index (Phi) is 4.77. The van der Waals surface area contributed by atoms with Crippen LogP contribution in [0.5, 0.6) is 11.5 Å². The minimum absolute atomic E-state index is 0.0114. The number of carbonyl (C=O) groups is 1. The Balaban J connectivity index is 1.66. The van der Waals surface area contributed by atoms with Crippen molar-refractivity contribution < 1.29 is 14.6 Å². The van der Waals surface area contributed by atoms with Gasteiger partial charge in [-0.3, -0.25) is 9.69 Å². The Hall–Kier alpha value is -2.92. The first-order chi connectivity index (χ1) is 13.2. The fourth-order valence-electron chi connectivity index (χ4n) is 3.31. The smallest absolute Gasteiger partial charge is 0.286 e. The number of amides is 1. The van der Waals surface area contributed by atoms with Crippen LogP contribution in [-0.4, -0.2) is 23.2 Å². The number of benzene rings is 3. The van der Waals surface area contributed by atoms with Gasteiger partial charge < -0.3 is 9.84 Å². The maximum absolute atomic E-state index is 12.5. The second-order valence-electron chi connectivity index (χ2n) is 6.30. The minimum atomic E-state index is -0.212. The van der Waals surface area contributed by atoms with Gasteiger partial charge in [0.15, 0.2) is 0 Å². The van der Waals surface area contributed by atoms with Gasteiger partial charge in [0, 0.05) is 23.1 Å². The Bertz CT molecular complexity index is 957. The minimum Gasteiger partial charge on any atom is -0.507 e. The number of aromatic hydroxyl groups is 1. The molecule has 1 unspecified atom stereocenters. The number of rotatable bonds is 4. The van der Waals surface area contributed by atoms with Crippen LogP contribution >= 0.6 is 11.8 Å². The molecule has 0 aliphatic carbocycles. The highest BCUT2D eigenvalue weighted by atomic mass is 32.2. The Labute approximate surface area is 162 Å². The molecule has 1 saturated heterocycles. The molecule has 4 rings (SSSR count). The standard InChI is InChI=1S/C22H19NO3S/c1-26-18-11-12-19(21(24)13-18)20-14-27-22(25)23(20)17-9-7-16(8-10-17)15-5-3-2-4-6-15/h2-13,20,24H,14H2,1H3. The zero-order valence-corrected chi connectivity index (χ0v) is 15.6. The van der Waals surface area contributed by atoms with Gasteiger partial charge in [0.1, 0.15) is 11.5 Å². The van der Waals surface area contributed by atoms with Crippen molar-refractivity contribution in [2.75, 3.05) is 17.8 Å². The van der Waals surface area contributed by atoms with Crippen molar-refractivity contribution in [1.82, 2.24) is 0 Å². The first kappa shape index (κ1) is 17.5. The largest absolute Gasteiger partial charge is 0.507 e. The molecule has 1 heterocycles. The van der Waals surface area contributed by atoms with Gasteiger partial charge >= 0.3 is 0 Å². The molecule has 1 aliphatic heterocycles. The van der Waals surface area contributed by atoms with E-state index in [0.29, 0.717) is 11.5 Å². The number of thioether (sulfide) groups is 1. The molecule has 3 aromatic rings. The fourth-order valence-corrected chi connectivity index (χ4v) is 4.31. The van der Waals surface area contributed by atoms with Gasteiger partial charge in [-0.2, -0.15) is 0 Å². The molecule has 3 aromatic carbocycles. The zero-order valence-electron chi connectivity index (χ0n) is 14.8. The van der Waals surface area contributed by atoms with Gasteiger partial charge in [-0.05, 0) is 35.4 Å². The normalized spacial score (nSPS) is 16.6. The van der Waals surface area contributed by atoms with Crippen LogP contribution in [0.15, 0.2) is 72.8 Å². The van der Waals surface area contributed by atoms with E-state index in [2.05, 4.69) is 12.1 Å². The number of ether oxygens (including phenoxy) is 1. The number of methoxy groups -OCH3 is 1. The molecule has 0 radical (unpaired) electrons. The number of hydrogen-bond acceptors (Lipinski definition) is 4. The summed E-state index contributed by atoms with van der Waals surface area (Å²) in [5.41, 5.74) is 3.78. The molecule has 0 aromatic heterocycles. The summed E-state index contributed by atoms with van der Waals surface area (Å²) in [5.74, 6) is 1.33. The van der Waals surface area contributed by atoms with E-state index in [1.54, 1.807) is 24.1 Å². The second kappa shape index (κ2) is 7.37. The summed E-state index contributed by atoms with van der Waals surface area (Å²) in [6.45, 7) is 0. The molecule has 1 aliphatic rings. The maximum atomic E-state index is 12.5. The molecule has 0 saturated carbocycles. The van der Waals surface area contributed by atoms with Gasteiger partial charge in [-0.1, -0.05) is 54.2 Å². The Morgan fingerprint density at radius 1 is 1.00 bits per heavy atom. The summed E-state index contributed by atoms with van der Waals surface area (Å²) in [5, 5.41) is 10.4. The van der Waals surface area contributed by atoms with E-state index >= 15 is 0 Å². The fraction of sp³-hybridized carbons (Fsp3) is 0.136. The van der Waals surface area contributed by atoms with Gasteiger partial charge in [0.25, 0.3) is 5.24 Å². The molecule has 1 atom stereocenters. The van der Waals surface area contributed by atoms with Crippen LogP contribution in [-0.2, 0) is 0 Å². The SMILES string of the molecule is COc1ccc(C2CSC(=O)N2c2ccc(-c3ccccc3)cc2)c(O)c1. The molecule has 5 heteroatoms. The monoisotopic (exact) mass is 377 g/mol. The van der Waals surface area contributed by atoms with E-state index in [1.807, 2.05) is 48.5 Å². The highest BCUT2D eigenvalue weighted by molar-refractivity contribution is 8.14. The molecule has 0 spiro atoms. The lowest BCUT2D eigenvalue weighted by molar-refractivity contribution is 0.265. The van der Waals surface area contributed by atoms with Gasteiger partial charge in [-0.15, -0.1) is 0 Å². The maximum Gasteiger partial charge on any atom is 0.286 e. The van der Waals surface area contributed by atoms with Crippen molar-refractivity contribution in [2.45, 2.75) is 6.04 Å². The summed E-state index contributed by atoms with van der Waals surface area (Å²) in [4.78, 5) is 14.3. The molecule has 27 heavy (non-hydrogen) atoms. The summed E-state index contributed by atoms with van der Waals surface area (Å²) >= 11 is 1.27. The lowest BCUT2D eigenvalue weighted by atomic mass is 10.0. The van der Waals surface area contributed by atoms with Crippen LogP contribution in [0.4, 0.5) is 10.5 Å². The lowest BCUT2D eigenvalue weighted by Gasteiger charge is -2.25. The van der Waals surface area contributed by atoms with Crippen molar-refractivity contribution in [1.29, 1.82) is 0 Å². The van der Waals surface area contributed by atoms with Crippen molar-refractivity contribution in [3.05, 3.63) is 78.4 Å². The second-order valence-corrected chi connectivity index (χ2v) is 7.27. The van der Waals surface area contributed by atoms with Crippen LogP contribution in [0.25, 0.3) is 11.1 Å². The average molecular weight is 377 g/mol. The first-order valence-corrected chi connectivity index (χ1v) is 9.64. The lowest BCUT2D eigenvalue weighted by Crippen LogP contribution is -2.26. The number of phenols is 1. The number of phenolic OH excluding ortho intramolecular Hbond substituents is 1. The van der Waals surface area contributed by atoms with Crippen LogP contribution in [0.3, 0.4) is 0 Å². The first-order valence-electron chi connectivity index (χ1n) is 8.66. The summed E-state index contributed by atoms with van der Waals surface area (Å²) in [6.07, 6.45) is 0. The Morgan fingerprint density at radius 2 is 1.70 bits per heavy atom. The van der Waals surface area contributed by atoms with E-state index in [1.165, 1.54) is 11.8 Å². The van der Waals surface area contributed by atoms with Crippen LogP contribution < -0.4 is 9.64 Å². The number of hydrogen-bond donors (Lipinski definition) is 1. The zero-order chi connectivity index (χ0) is 18.8. The Morgan fingerprint density at radius 3 is 2.37 bits per heavy atom. The number of nitrogens with zero attached hydrogens (tertiary/aromatic N) is 1. The van der Waals surface area contributed by atoms with Crippen molar-refractivity contribution >= 4 is 22.7 Å². The molecular formula is C22H19NO3S. The molecule has 0 bridgehead atoms. The topological polar surface area (TPSA) is 49.8 Å². The van der Waals surface area contributed by atoms with Crippen molar-refractivity contribution in [3.8, 4) is 22.6 Å². The third-order valence-electron chi connectivity index (χ3n) is 4.72. The molecule has 1 N–H and O–H groups in total. The summed E-state index contributed by atoms with van der Waals surface area (Å²) in [6, 6.07) is 23.1. The average Bonchev–Trinajstić information content (AvgIpc) is 3.09. The third-order valence-corrected chi connectivity index (χ3v) is 5.65. The molecule has 1 fully saturated rings. The van der Waals surface area contributed by atoms with E-state index in [0.717, 1.165) is 22.4 Å². The highest BCUT2D eigenvalue weighted by Gasteiger charge is 2.35. The number of anilines is 1. The van der Waals surface area contributed by atoms with Crippen LogP contribution in [0, 0.1) is 0 Å². The summed E-state index contributed by atoms with van der Waals surface area (Å²) in [7, 11) is 1.56. The van der Waals surface area contributed by atoms with Crippen molar-refractivity contribution in [3.63, 3.8) is 0 Å². The predicted molar refractivity (Wildman–Crippen MR) is 110 cm³/mol. The van der Waals surface area contributed by atoms with Crippen LogP contribution in [0.1, 0.15) is 11.6 Å². The molecule has 4 nitrogen and oxygen atoms in total. The summed E-state index contributed by atoms with van der Waals surface area (Å²) < 4.78 is 5.15. The van der Waals surface area contributed by atoms with Gasteiger partial charge in [-0.25, -0.2) is 0 Å². The van der Waals surface area contributed by atoms with E-state index in [9.17, 15) is 9.90 Å². The molecule has 136 valence electrons. The van der Waals surface area contributed by atoms with E-state index in [4.69, 9.17) is 4.74 Å². The third kappa shape index (κ3) is 3.38. The molecular weight excluding hydrogens is 358 g/mol. The van der Waals surface area contributed by atoms with Crippen molar-refractivity contribution in [2.24, 2.45) is 0 Å². The van der Waals surface area contributed by atoms with E-state index in [-0.39, 0.29) is 17.0 Å². The predicted octanol–water partition coefficient (Wildman–Crippen LogP) is 5.48. The molecule has 1 amide bonds.